The van der Waals surface area contributed by atoms with Crippen LogP contribution in [0.15, 0.2) is 12.2 Å². The van der Waals surface area contributed by atoms with Gasteiger partial charge in [-0.05, 0) is 31.1 Å². The van der Waals surface area contributed by atoms with Crippen molar-refractivity contribution < 1.29 is 0 Å². The minimum Gasteiger partial charge on any atom is -0.0999 e. The van der Waals surface area contributed by atoms with E-state index in [1.807, 2.05) is 0 Å². The number of hydrogen-bond acceptors (Lipinski definition) is 0. The monoisotopic (exact) mass is 196 g/mol. The van der Waals surface area contributed by atoms with E-state index < -0.39 is 0 Å². The highest BCUT2D eigenvalue weighted by Gasteiger charge is 2.06. The lowest BCUT2D eigenvalue weighted by molar-refractivity contribution is 0.462. The molecular weight excluding hydrogens is 168 g/mol. The summed E-state index contributed by atoms with van der Waals surface area (Å²) in [6, 6.07) is 0. The van der Waals surface area contributed by atoms with Crippen molar-refractivity contribution in [3.63, 3.8) is 0 Å². The van der Waals surface area contributed by atoms with Crippen molar-refractivity contribution in [1.82, 2.24) is 0 Å². The standard InChI is InChI=1S/C14H28/c1-6-12(4)9-10-13(5)11-14(7-2)8-3/h12,14H,5-11H2,1-4H3. The Hall–Kier alpha value is -0.260. The first-order valence-corrected chi connectivity index (χ1v) is 6.30. The van der Waals surface area contributed by atoms with Crippen molar-refractivity contribution in [1.29, 1.82) is 0 Å². The summed E-state index contributed by atoms with van der Waals surface area (Å²) in [5.41, 5.74) is 1.47. The second-order valence-corrected chi connectivity index (χ2v) is 4.69. The van der Waals surface area contributed by atoms with Crippen LogP contribution in [0.2, 0.25) is 0 Å². The molecule has 0 heterocycles. The highest BCUT2D eigenvalue weighted by atomic mass is 14.1. The van der Waals surface area contributed by atoms with Crippen LogP contribution >= 0.6 is 0 Å². The summed E-state index contributed by atoms with van der Waals surface area (Å²) in [6.07, 6.45) is 7.74. The molecular formula is C14H28. The molecule has 0 spiro atoms. The summed E-state index contributed by atoms with van der Waals surface area (Å²) in [6.45, 7) is 13.4. The van der Waals surface area contributed by atoms with E-state index in [9.17, 15) is 0 Å². The van der Waals surface area contributed by atoms with Crippen molar-refractivity contribution in [2.75, 3.05) is 0 Å². The Kier molecular flexibility index (Phi) is 7.93. The van der Waals surface area contributed by atoms with Crippen molar-refractivity contribution in [2.45, 2.75) is 66.2 Å². The van der Waals surface area contributed by atoms with E-state index in [0.717, 1.165) is 11.8 Å². The van der Waals surface area contributed by atoms with Gasteiger partial charge in [-0.25, -0.2) is 0 Å². The first-order valence-electron chi connectivity index (χ1n) is 6.30. The van der Waals surface area contributed by atoms with Crippen molar-refractivity contribution in [3.8, 4) is 0 Å². The molecule has 0 fully saturated rings. The van der Waals surface area contributed by atoms with Gasteiger partial charge in [0.25, 0.3) is 0 Å². The summed E-state index contributed by atoms with van der Waals surface area (Å²) >= 11 is 0. The fourth-order valence-corrected chi connectivity index (χ4v) is 1.74. The van der Waals surface area contributed by atoms with E-state index in [2.05, 4.69) is 34.3 Å². The van der Waals surface area contributed by atoms with Gasteiger partial charge in [0.05, 0.1) is 0 Å². The van der Waals surface area contributed by atoms with Crippen LogP contribution in [0, 0.1) is 11.8 Å². The van der Waals surface area contributed by atoms with Crippen LogP contribution in [0.1, 0.15) is 66.2 Å². The zero-order valence-electron chi connectivity index (χ0n) is 10.6. The van der Waals surface area contributed by atoms with Gasteiger partial charge in [-0.2, -0.15) is 0 Å². The molecule has 0 aliphatic heterocycles. The van der Waals surface area contributed by atoms with Gasteiger partial charge in [-0.1, -0.05) is 59.1 Å². The van der Waals surface area contributed by atoms with E-state index in [1.165, 1.54) is 44.1 Å². The normalized spacial score (nSPS) is 13.2. The van der Waals surface area contributed by atoms with E-state index in [1.54, 1.807) is 0 Å². The zero-order valence-corrected chi connectivity index (χ0v) is 10.6. The molecule has 0 heteroatoms. The maximum Gasteiger partial charge on any atom is -0.0295 e. The van der Waals surface area contributed by atoms with Gasteiger partial charge < -0.3 is 0 Å². The molecule has 0 radical (unpaired) electrons. The van der Waals surface area contributed by atoms with Crippen molar-refractivity contribution >= 4 is 0 Å². The van der Waals surface area contributed by atoms with Crippen LogP contribution in [0.25, 0.3) is 0 Å². The third-order valence-electron chi connectivity index (χ3n) is 3.42. The predicted molar refractivity (Wildman–Crippen MR) is 66.5 cm³/mol. The predicted octanol–water partition coefficient (Wildman–Crippen LogP) is 5.20. The molecule has 14 heavy (non-hydrogen) atoms. The molecule has 0 saturated carbocycles. The van der Waals surface area contributed by atoms with Crippen molar-refractivity contribution in [3.05, 3.63) is 12.2 Å². The molecule has 0 amide bonds. The lowest BCUT2D eigenvalue weighted by atomic mass is 9.91. The average molecular weight is 196 g/mol. The Morgan fingerprint density at radius 3 is 2.07 bits per heavy atom. The molecule has 0 aromatic carbocycles. The van der Waals surface area contributed by atoms with Gasteiger partial charge >= 0.3 is 0 Å². The minimum absolute atomic E-state index is 0.869. The van der Waals surface area contributed by atoms with Crippen LogP contribution in [0.4, 0.5) is 0 Å². The molecule has 0 aliphatic carbocycles. The minimum atomic E-state index is 0.869. The maximum absolute atomic E-state index is 4.20. The van der Waals surface area contributed by atoms with Gasteiger partial charge in [-0.15, -0.1) is 0 Å². The maximum atomic E-state index is 4.20. The summed E-state index contributed by atoms with van der Waals surface area (Å²) in [5.74, 6) is 1.74. The quantitative estimate of drug-likeness (QED) is 0.468. The van der Waals surface area contributed by atoms with Crippen molar-refractivity contribution in [2.24, 2.45) is 11.8 Å². The van der Waals surface area contributed by atoms with Crippen LogP contribution in [0.5, 0.6) is 0 Å². The number of rotatable bonds is 8. The third-order valence-corrected chi connectivity index (χ3v) is 3.42. The number of hydrogen-bond donors (Lipinski definition) is 0. The topological polar surface area (TPSA) is 0 Å². The molecule has 0 rings (SSSR count). The molecule has 0 N–H and O–H groups in total. The lowest BCUT2D eigenvalue weighted by Crippen LogP contribution is -2.00. The van der Waals surface area contributed by atoms with Gasteiger partial charge in [0.1, 0.15) is 0 Å². The van der Waals surface area contributed by atoms with E-state index in [-0.39, 0.29) is 0 Å². The Morgan fingerprint density at radius 2 is 1.64 bits per heavy atom. The first kappa shape index (κ1) is 13.7. The largest absolute Gasteiger partial charge is 0.0999 e. The van der Waals surface area contributed by atoms with Crippen LogP contribution in [0.3, 0.4) is 0 Å². The van der Waals surface area contributed by atoms with E-state index in [4.69, 9.17) is 0 Å². The Bertz CT molecular complexity index is 142. The third kappa shape index (κ3) is 6.23. The molecule has 0 saturated heterocycles. The fourth-order valence-electron chi connectivity index (χ4n) is 1.74. The molecule has 0 aromatic heterocycles. The summed E-state index contributed by atoms with van der Waals surface area (Å²) in [7, 11) is 0. The lowest BCUT2D eigenvalue weighted by Gasteiger charge is -2.15. The molecule has 0 nitrogen and oxygen atoms in total. The highest BCUT2D eigenvalue weighted by Crippen LogP contribution is 2.22. The first-order chi connectivity index (χ1) is 6.63. The van der Waals surface area contributed by atoms with Gasteiger partial charge in [0.15, 0.2) is 0 Å². The highest BCUT2D eigenvalue weighted by molar-refractivity contribution is 4.95. The smallest absolute Gasteiger partial charge is 0.0295 e. The summed E-state index contributed by atoms with van der Waals surface area (Å²) in [5, 5.41) is 0. The fraction of sp³-hybridized carbons (Fsp3) is 0.857. The SMILES string of the molecule is C=C(CCC(C)CC)CC(CC)CC. The molecule has 1 unspecified atom stereocenters. The van der Waals surface area contributed by atoms with E-state index >= 15 is 0 Å². The number of allylic oxidation sites excluding steroid dienone is 1. The zero-order chi connectivity index (χ0) is 11.0. The molecule has 0 bridgehead atoms. The summed E-state index contributed by atoms with van der Waals surface area (Å²) < 4.78 is 0. The second-order valence-electron chi connectivity index (χ2n) is 4.69. The van der Waals surface area contributed by atoms with Crippen LogP contribution < -0.4 is 0 Å². The summed E-state index contributed by atoms with van der Waals surface area (Å²) in [4.78, 5) is 0. The van der Waals surface area contributed by atoms with Crippen LogP contribution in [-0.4, -0.2) is 0 Å². The average Bonchev–Trinajstić information content (AvgIpc) is 2.22. The van der Waals surface area contributed by atoms with Gasteiger partial charge in [0.2, 0.25) is 0 Å². The Morgan fingerprint density at radius 1 is 1.07 bits per heavy atom. The second kappa shape index (κ2) is 8.08. The molecule has 0 aliphatic rings. The Labute approximate surface area is 90.8 Å². The molecule has 84 valence electrons. The van der Waals surface area contributed by atoms with Crippen LogP contribution in [-0.2, 0) is 0 Å². The molecule has 1 atom stereocenters. The Balaban J connectivity index is 3.64. The van der Waals surface area contributed by atoms with Gasteiger partial charge in [0, 0.05) is 0 Å². The van der Waals surface area contributed by atoms with E-state index in [0.29, 0.717) is 0 Å². The van der Waals surface area contributed by atoms with Gasteiger partial charge in [-0.3, -0.25) is 0 Å². The molecule has 0 aromatic rings.